The van der Waals surface area contributed by atoms with Crippen LogP contribution in [-0.4, -0.2) is 19.1 Å². The van der Waals surface area contributed by atoms with Crippen molar-refractivity contribution >= 4 is 5.97 Å². The Hall–Kier alpha value is -3.11. The number of benzene rings is 3. The van der Waals surface area contributed by atoms with Gasteiger partial charge in [0.1, 0.15) is 18.4 Å². The van der Waals surface area contributed by atoms with Gasteiger partial charge < -0.3 is 15.2 Å². The minimum absolute atomic E-state index is 0.401. The lowest BCUT2D eigenvalue weighted by molar-refractivity contribution is -0.142. The van der Waals surface area contributed by atoms with Crippen LogP contribution < -0.4 is 10.5 Å². The van der Waals surface area contributed by atoms with Crippen LogP contribution in [0.1, 0.15) is 11.1 Å². The number of esters is 1. The van der Waals surface area contributed by atoms with Gasteiger partial charge in [0.15, 0.2) is 0 Å². The van der Waals surface area contributed by atoms with Gasteiger partial charge in [0.05, 0.1) is 7.11 Å². The fourth-order valence-electron chi connectivity index (χ4n) is 2.83. The number of ether oxygens (including phenoxy) is 2. The third-order valence-electron chi connectivity index (χ3n) is 4.33. The number of nitrogens with two attached hydrogens (primary N) is 1. The molecule has 0 aromatic heterocycles. The van der Waals surface area contributed by atoms with E-state index in [1.165, 1.54) is 7.11 Å². The van der Waals surface area contributed by atoms with E-state index >= 15 is 0 Å². The van der Waals surface area contributed by atoms with Gasteiger partial charge in [-0.05, 0) is 40.8 Å². The molecule has 0 aliphatic rings. The second-order valence-electron chi connectivity index (χ2n) is 6.33. The van der Waals surface area contributed by atoms with Crippen molar-refractivity contribution in [3.8, 4) is 16.9 Å². The average Bonchev–Trinajstić information content (AvgIpc) is 2.73. The first-order valence-electron chi connectivity index (χ1n) is 8.85. The molecule has 2 N–H and O–H groups in total. The lowest BCUT2D eigenvalue weighted by atomic mass is 10.0. The van der Waals surface area contributed by atoms with Crippen molar-refractivity contribution in [3.05, 3.63) is 90.0 Å². The zero-order valence-electron chi connectivity index (χ0n) is 15.3. The minimum atomic E-state index is -0.643. The number of hydrogen-bond acceptors (Lipinski definition) is 4. The summed E-state index contributed by atoms with van der Waals surface area (Å²) in [7, 11) is 1.35. The van der Waals surface area contributed by atoms with Crippen LogP contribution in [0.3, 0.4) is 0 Å². The third-order valence-corrected chi connectivity index (χ3v) is 4.33. The largest absolute Gasteiger partial charge is 0.489 e. The summed E-state index contributed by atoms with van der Waals surface area (Å²) in [6.45, 7) is 0.536. The average molecular weight is 361 g/mol. The summed E-state index contributed by atoms with van der Waals surface area (Å²) in [5, 5.41) is 0. The molecule has 4 nitrogen and oxygen atoms in total. The van der Waals surface area contributed by atoms with Gasteiger partial charge in [-0.3, -0.25) is 4.79 Å². The van der Waals surface area contributed by atoms with Crippen molar-refractivity contribution < 1.29 is 14.3 Å². The normalized spacial score (nSPS) is 11.6. The molecule has 1 atom stereocenters. The van der Waals surface area contributed by atoms with Crippen LogP contribution in [0.15, 0.2) is 78.9 Å². The van der Waals surface area contributed by atoms with E-state index in [1.807, 2.05) is 78.9 Å². The van der Waals surface area contributed by atoms with Crippen molar-refractivity contribution in [2.24, 2.45) is 5.73 Å². The van der Waals surface area contributed by atoms with Gasteiger partial charge in [-0.1, -0.05) is 66.7 Å². The Morgan fingerprint density at radius 1 is 0.889 bits per heavy atom. The van der Waals surface area contributed by atoms with Crippen LogP contribution in [0.25, 0.3) is 11.1 Å². The molecule has 3 aromatic carbocycles. The summed E-state index contributed by atoms with van der Waals surface area (Å²) >= 11 is 0. The van der Waals surface area contributed by atoms with Crippen LogP contribution >= 0.6 is 0 Å². The molecule has 0 saturated heterocycles. The standard InChI is InChI=1S/C23H23NO3/c1-26-23(25)22(24)14-17-10-12-19(13-11-17)20-8-5-9-21(15-20)27-16-18-6-3-2-4-7-18/h2-13,15,22H,14,16,24H2,1H3. The molecular weight excluding hydrogens is 338 g/mol. The number of hydrogen-bond donors (Lipinski definition) is 1. The van der Waals surface area contributed by atoms with Crippen LogP contribution in [-0.2, 0) is 22.6 Å². The van der Waals surface area contributed by atoms with Gasteiger partial charge >= 0.3 is 5.97 Å². The molecule has 0 radical (unpaired) electrons. The number of rotatable bonds is 7. The Labute approximate surface area is 159 Å². The number of carbonyl (C=O) groups is 1. The van der Waals surface area contributed by atoms with Crippen molar-refractivity contribution in [1.29, 1.82) is 0 Å². The molecule has 27 heavy (non-hydrogen) atoms. The van der Waals surface area contributed by atoms with E-state index in [2.05, 4.69) is 4.74 Å². The molecule has 0 amide bonds. The van der Waals surface area contributed by atoms with Gasteiger partial charge in [-0.25, -0.2) is 0 Å². The molecule has 3 rings (SSSR count). The van der Waals surface area contributed by atoms with Gasteiger partial charge in [0.2, 0.25) is 0 Å². The maximum absolute atomic E-state index is 11.4. The predicted molar refractivity (Wildman–Crippen MR) is 106 cm³/mol. The number of carbonyl (C=O) groups excluding carboxylic acids is 1. The van der Waals surface area contributed by atoms with E-state index in [0.717, 1.165) is 28.0 Å². The van der Waals surface area contributed by atoms with Gasteiger partial charge in [0.25, 0.3) is 0 Å². The second-order valence-corrected chi connectivity index (χ2v) is 6.33. The molecule has 3 aromatic rings. The van der Waals surface area contributed by atoms with E-state index in [9.17, 15) is 4.79 Å². The monoisotopic (exact) mass is 361 g/mol. The molecule has 0 saturated carbocycles. The highest BCUT2D eigenvalue weighted by atomic mass is 16.5. The van der Waals surface area contributed by atoms with E-state index in [-0.39, 0.29) is 0 Å². The zero-order chi connectivity index (χ0) is 19.1. The highest BCUT2D eigenvalue weighted by molar-refractivity contribution is 5.75. The SMILES string of the molecule is COC(=O)C(N)Cc1ccc(-c2cccc(OCc3ccccc3)c2)cc1. The topological polar surface area (TPSA) is 61.5 Å². The van der Waals surface area contributed by atoms with E-state index in [4.69, 9.17) is 10.5 Å². The Bertz CT molecular complexity index is 876. The summed E-state index contributed by atoms with van der Waals surface area (Å²) < 4.78 is 10.6. The first kappa shape index (κ1) is 18.7. The molecule has 0 heterocycles. The Balaban J connectivity index is 1.66. The quantitative estimate of drug-likeness (QED) is 0.647. The van der Waals surface area contributed by atoms with Gasteiger partial charge in [0, 0.05) is 0 Å². The minimum Gasteiger partial charge on any atom is -0.489 e. The van der Waals surface area contributed by atoms with E-state index < -0.39 is 12.0 Å². The van der Waals surface area contributed by atoms with Crippen molar-refractivity contribution in [2.45, 2.75) is 19.1 Å². The zero-order valence-corrected chi connectivity index (χ0v) is 15.3. The maximum Gasteiger partial charge on any atom is 0.322 e. The smallest absolute Gasteiger partial charge is 0.322 e. The molecular formula is C23H23NO3. The van der Waals surface area contributed by atoms with Crippen molar-refractivity contribution in [1.82, 2.24) is 0 Å². The summed E-state index contributed by atoms with van der Waals surface area (Å²) in [6, 6.07) is 25.5. The molecule has 0 fully saturated rings. The molecule has 0 bridgehead atoms. The van der Waals surface area contributed by atoms with E-state index in [1.54, 1.807) is 0 Å². The second kappa shape index (κ2) is 9.01. The first-order valence-corrected chi connectivity index (χ1v) is 8.85. The molecule has 4 heteroatoms. The first-order chi connectivity index (χ1) is 13.2. The van der Waals surface area contributed by atoms with Crippen LogP contribution in [0.5, 0.6) is 5.75 Å². The van der Waals surface area contributed by atoms with Crippen LogP contribution in [0, 0.1) is 0 Å². The Kier molecular flexibility index (Phi) is 6.23. The van der Waals surface area contributed by atoms with Gasteiger partial charge in [-0.15, -0.1) is 0 Å². The summed E-state index contributed by atoms with van der Waals surface area (Å²) in [5.41, 5.74) is 10.1. The highest BCUT2D eigenvalue weighted by Gasteiger charge is 2.14. The van der Waals surface area contributed by atoms with Crippen LogP contribution in [0.4, 0.5) is 0 Å². The molecule has 0 aliphatic heterocycles. The lowest BCUT2D eigenvalue weighted by Crippen LogP contribution is -2.33. The maximum atomic E-state index is 11.4. The molecule has 138 valence electrons. The fourth-order valence-corrected chi connectivity index (χ4v) is 2.83. The molecule has 0 aliphatic carbocycles. The number of methoxy groups -OCH3 is 1. The summed E-state index contributed by atoms with van der Waals surface area (Å²) in [5.74, 6) is 0.426. The third kappa shape index (κ3) is 5.19. The fraction of sp³-hybridized carbons (Fsp3) is 0.174. The summed E-state index contributed by atoms with van der Waals surface area (Å²) in [4.78, 5) is 11.4. The predicted octanol–water partition coefficient (Wildman–Crippen LogP) is 3.98. The van der Waals surface area contributed by atoms with Crippen LogP contribution in [0.2, 0.25) is 0 Å². The van der Waals surface area contributed by atoms with Gasteiger partial charge in [-0.2, -0.15) is 0 Å². The lowest BCUT2D eigenvalue weighted by Gasteiger charge is -2.11. The van der Waals surface area contributed by atoms with E-state index in [0.29, 0.717) is 13.0 Å². The Morgan fingerprint density at radius 3 is 2.33 bits per heavy atom. The van der Waals surface area contributed by atoms with Crippen molar-refractivity contribution in [3.63, 3.8) is 0 Å². The molecule has 1 unspecified atom stereocenters. The summed E-state index contributed by atoms with van der Waals surface area (Å²) in [6.07, 6.45) is 0.452. The molecule has 0 spiro atoms. The Morgan fingerprint density at radius 2 is 1.63 bits per heavy atom. The van der Waals surface area contributed by atoms with Crippen molar-refractivity contribution in [2.75, 3.05) is 7.11 Å². The highest BCUT2D eigenvalue weighted by Crippen LogP contribution is 2.25.